The van der Waals surface area contributed by atoms with Crippen molar-refractivity contribution in [1.29, 1.82) is 0 Å². The summed E-state index contributed by atoms with van der Waals surface area (Å²) >= 11 is 6.26. The Kier molecular flexibility index (Phi) is 5.14. The summed E-state index contributed by atoms with van der Waals surface area (Å²) in [7, 11) is 1.51. The average molecular weight is 474 g/mol. The molecule has 2 amide bonds. The molecule has 0 radical (unpaired) electrons. The molecule has 1 heterocycles. The van der Waals surface area contributed by atoms with Crippen molar-refractivity contribution in [3.8, 4) is 5.75 Å². The van der Waals surface area contributed by atoms with Gasteiger partial charge in [-0.25, -0.2) is 4.90 Å². The maximum atomic E-state index is 13.5. The summed E-state index contributed by atoms with van der Waals surface area (Å²) in [4.78, 5) is 39.4. The SMILES string of the molecule is COc1ccc(N2C(=O)c3cccc4c(Nc5ccccc5Cl)c([N+](=O)[O-])cc(c34)C2=O)cc1. The van der Waals surface area contributed by atoms with Crippen molar-refractivity contribution in [1.82, 2.24) is 0 Å². The fourth-order valence-corrected chi connectivity index (χ4v) is 4.27. The van der Waals surface area contributed by atoms with Gasteiger partial charge in [0.1, 0.15) is 11.4 Å². The average Bonchev–Trinajstić information content (AvgIpc) is 2.84. The van der Waals surface area contributed by atoms with Crippen LogP contribution in [0.3, 0.4) is 0 Å². The number of benzene rings is 4. The van der Waals surface area contributed by atoms with Gasteiger partial charge in [0, 0.05) is 22.4 Å². The van der Waals surface area contributed by atoms with Crippen molar-refractivity contribution in [3.63, 3.8) is 0 Å². The molecule has 0 spiro atoms. The first kappa shape index (κ1) is 21.4. The van der Waals surface area contributed by atoms with E-state index in [0.717, 1.165) is 4.90 Å². The fraction of sp³-hybridized carbons (Fsp3) is 0.0400. The fourth-order valence-electron chi connectivity index (χ4n) is 4.09. The normalized spacial score (nSPS) is 12.7. The number of halogens is 1. The highest BCUT2D eigenvalue weighted by atomic mass is 35.5. The first-order valence-corrected chi connectivity index (χ1v) is 10.6. The highest BCUT2D eigenvalue weighted by Crippen LogP contribution is 2.43. The van der Waals surface area contributed by atoms with Gasteiger partial charge >= 0.3 is 0 Å². The van der Waals surface area contributed by atoms with Crippen molar-refractivity contribution in [2.45, 2.75) is 0 Å². The number of amides is 2. The first-order valence-electron chi connectivity index (χ1n) is 10.2. The van der Waals surface area contributed by atoms with E-state index < -0.39 is 16.7 Å². The molecule has 0 aromatic heterocycles. The van der Waals surface area contributed by atoms with Crippen LogP contribution in [0.1, 0.15) is 20.7 Å². The number of carbonyl (C=O) groups is 2. The van der Waals surface area contributed by atoms with E-state index in [9.17, 15) is 19.7 Å². The number of anilines is 3. The van der Waals surface area contributed by atoms with Crippen molar-refractivity contribution >= 4 is 56.9 Å². The van der Waals surface area contributed by atoms with Gasteiger partial charge in [-0.2, -0.15) is 0 Å². The molecular formula is C25H16ClN3O5. The zero-order valence-electron chi connectivity index (χ0n) is 17.7. The lowest BCUT2D eigenvalue weighted by Crippen LogP contribution is -2.40. The largest absolute Gasteiger partial charge is 0.497 e. The topological polar surface area (TPSA) is 102 Å². The van der Waals surface area contributed by atoms with E-state index in [4.69, 9.17) is 16.3 Å². The summed E-state index contributed by atoms with van der Waals surface area (Å²) < 4.78 is 5.15. The Hall–Kier alpha value is -4.43. The lowest BCUT2D eigenvalue weighted by molar-refractivity contribution is -0.383. The second-order valence-electron chi connectivity index (χ2n) is 7.55. The Morgan fingerprint density at radius 2 is 1.65 bits per heavy atom. The third-order valence-electron chi connectivity index (χ3n) is 5.67. The molecule has 4 aromatic carbocycles. The smallest absolute Gasteiger partial charge is 0.294 e. The molecule has 1 N–H and O–H groups in total. The highest BCUT2D eigenvalue weighted by Gasteiger charge is 2.37. The van der Waals surface area contributed by atoms with Crippen molar-refractivity contribution < 1.29 is 19.2 Å². The van der Waals surface area contributed by atoms with E-state index in [1.807, 2.05) is 0 Å². The van der Waals surface area contributed by atoms with Gasteiger partial charge in [-0.15, -0.1) is 0 Å². The quantitative estimate of drug-likeness (QED) is 0.218. The van der Waals surface area contributed by atoms with Crippen LogP contribution in [-0.4, -0.2) is 23.8 Å². The van der Waals surface area contributed by atoms with Crippen LogP contribution in [0.2, 0.25) is 5.02 Å². The van der Waals surface area contributed by atoms with Gasteiger partial charge < -0.3 is 10.1 Å². The second-order valence-corrected chi connectivity index (χ2v) is 7.96. The number of methoxy groups -OCH3 is 1. The lowest BCUT2D eigenvalue weighted by atomic mass is 9.91. The van der Waals surface area contributed by atoms with Crippen LogP contribution in [0.5, 0.6) is 5.75 Å². The number of rotatable bonds is 5. The Bertz CT molecular complexity index is 1500. The zero-order valence-corrected chi connectivity index (χ0v) is 18.5. The van der Waals surface area contributed by atoms with Crippen LogP contribution >= 0.6 is 11.6 Å². The van der Waals surface area contributed by atoms with E-state index >= 15 is 0 Å². The molecule has 9 heteroatoms. The van der Waals surface area contributed by atoms with Gasteiger partial charge in [-0.1, -0.05) is 35.9 Å². The summed E-state index contributed by atoms with van der Waals surface area (Å²) in [6, 6.07) is 19.3. The lowest BCUT2D eigenvalue weighted by Gasteiger charge is -2.28. The Morgan fingerprint density at radius 3 is 2.32 bits per heavy atom. The molecule has 0 saturated carbocycles. The van der Waals surface area contributed by atoms with E-state index in [2.05, 4.69) is 5.32 Å². The van der Waals surface area contributed by atoms with Crippen LogP contribution in [0.25, 0.3) is 10.8 Å². The number of hydrogen-bond donors (Lipinski definition) is 1. The summed E-state index contributed by atoms with van der Waals surface area (Å²) in [5, 5.41) is 16.2. The minimum Gasteiger partial charge on any atom is -0.497 e. The number of nitro groups is 1. The number of nitrogens with zero attached hydrogens (tertiary/aromatic N) is 2. The van der Waals surface area contributed by atoms with Gasteiger partial charge in [0.05, 0.1) is 34.0 Å². The third-order valence-corrected chi connectivity index (χ3v) is 6.00. The summed E-state index contributed by atoms with van der Waals surface area (Å²) in [6.07, 6.45) is 0. The first-order chi connectivity index (χ1) is 16.4. The Balaban J connectivity index is 1.73. The Labute approximate surface area is 198 Å². The number of para-hydroxylation sites is 1. The van der Waals surface area contributed by atoms with Gasteiger partial charge in [0.15, 0.2) is 0 Å². The predicted molar refractivity (Wildman–Crippen MR) is 129 cm³/mol. The standard InChI is InChI=1S/C25H16ClN3O5/c1-34-15-11-9-14(10-12-15)28-24(30)17-6-4-5-16-22(17)18(25(28)31)13-21(29(32)33)23(16)27-20-8-3-2-7-19(20)26/h2-13,27H,1H3. The van der Waals surface area contributed by atoms with Crippen LogP contribution in [-0.2, 0) is 0 Å². The molecule has 0 unspecified atom stereocenters. The zero-order chi connectivity index (χ0) is 24.0. The number of carbonyl (C=O) groups excluding carboxylic acids is 2. The molecule has 1 aliphatic heterocycles. The van der Waals surface area contributed by atoms with Gasteiger partial charge in [-0.05, 0) is 42.5 Å². The van der Waals surface area contributed by atoms with E-state index in [1.54, 1.807) is 66.7 Å². The van der Waals surface area contributed by atoms with E-state index in [0.29, 0.717) is 32.9 Å². The van der Waals surface area contributed by atoms with Crippen LogP contribution in [0.15, 0.2) is 72.8 Å². The maximum Gasteiger partial charge on any atom is 0.294 e. The van der Waals surface area contributed by atoms with Crippen LogP contribution in [0, 0.1) is 10.1 Å². The monoisotopic (exact) mass is 473 g/mol. The van der Waals surface area contributed by atoms with Gasteiger partial charge in [0.25, 0.3) is 17.5 Å². The number of imide groups is 1. The minimum atomic E-state index is -0.647. The summed E-state index contributed by atoms with van der Waals surface area (Å²) in [5.74, 6) is -0.605. The highest BCUT2D eigenvalue weighted by molar-refractivity contribution is 6.37. The van der Waals surface area contributed by atoms with Crippen LogP contribution < -0.4 is 15.0 Å². The number of ether oxygens (including phenoxy) is 1. The predicted octanol–water partition coefficient (Wildman–Crippen LogP) is 5.95. The van der Waals surface area contributed by atoms with Crippen molar-refractivity contribution in [2.24, 2.45) is 0 Å². The maximum absolute atomic E-state index is 13.5. The van der Waals surface area contributed by atoms with Crippen molar-refractivity contribution in [2.75, 3.05) is 17.3 Å². The number of nitro benzene ring substituents is 1. The molecular weight excluding hydrogens is 458 g/mol. The van der Waals surface area contributed by atoms with E-state index in [1.165, 1.54) is 13.2 Å². The minimum absolute atomic E-state index is 0.0671. The molecule has 34 heavy (non-hydrogen) atoms. The Morgan fingerprint density at radius 1 is 0.941 bits per heavy atom. The third kappa shape index (κ3) is 3.32. The van der Waals surface area contributed by atoms with Gasteiger partial charge in [0.2, 0.25) is 0 Å². The number of nitrogens with one attached hydrogen (secondary N) is 1. The molecule has 0 bridgehead atoms. The van der Waals surface area contributed by atoms with Crippen LogP contribution in [0.4, 0.5) is 22.7 Å². The second kappa shape index (κ2) is 8.17. The molecule has 5 rings (SSSR count). The van der Waals surface area contributed by atoms with E-state index in [-0.39, 0.29) is 22.5 Å². The molecule has 1 aliphatic rings. The molecule has 0 aliphatic carbocycles. The van der Waals surface area contributed by atoms with Gasteiger partial charge in [-0.3, -0.25) is 19.7 Å². The molecule has 0 atom stereocenters. The molecule has 0 saturated heterocycles. The molecule has 4 aromatic rings. The number of hydrogen-bond acceptors (Lipinski definition) is 6. The molecule has 0 fully saturated rings. The summed E-state index contributed by atoms with van der Waals surface area (Å²) in [5.41, 5.74) is 0.965. The van der Waals surface area contributed by atoms with Crippen molar-refractivity contribution in [3.05, 3.63) is 99.1 Å². The molecule has 168 valence electrons. The molecule has 8 nitrogen and oxygen atoms in total. The summed E-state index contributed by atoms with van der Waals surface area (Å²) in [6.45, 7) is 0.